The summed E-state index contributed by atoms with van der Waals surface area (Å²) in [5, 5.41) is 15.5. The molecule has 0 saturated carbocycles. The van der Waals surface area contributed by atoms with E-state index in [2.05, 4.69) is 25.6 Å². The van der Waals surface area contributed by atoms with Gasteiger partial charge in [0.15, 0.2) is 0 Å². The lowest BCUT2D eigenvalue weighted by atomic mass is 10.2. The van der Waals surface area contributed by atoms with Crippen molar-refractivity contribution in [2.45, 2.75) is 39.8 Å². The first-order chi connectivity index (χ1) is 14.6. The van der Waals surface area contributed by atoms with Crippen LogP contribution in [0, 0.1) is 6.92 Å². The fourth-order valence-corrected chi connectivity index (χ4v) is 3.20. The van der Waals surface area contributed by atoms with Crippen molar-refractivity contribution in [1.82, 2.24) is 29.5 Å². The van der Waals surface area contributed by atoms with Gasteiger partial charge < -0.3 is 14.3 Å². The molecule has 4 rings (SSSR count). The van der Waals surface area contributed by atoms with Crippen LogP contribution in [0.1, 0.15) is 30.5 Å². The van der Waals surface area contributed by atoms with E-state index >= 15 is 0 Å². The number of aromatic nitrogens is 6. The van der Waals surface area contributed by atoms with Gasteiger partial charge in [-0.15, -0.1) is 10.2 Å². The summed E-state index contributed by atoms with van der Waals surface area (Å²) in [6.45, 7) is 5.33. The summed E-state index contributed by atoms with van der Waals surface area (Å²) in [5.41, 5.74) is 3.51. The average Bonchev–Trinajstić information content (AvgIpc) is 3.47. The van der Waals surface area contributed by atoms with Crippen molar-refractivity contribution in [3.63, 3.8) is 0 Å². The summed E-state index contributed by atoms with van der Waals surface area (Å²) in [5.74, 6) is 0.736. The van der Waals surface area contributed by atoms with Gasteiger partial charge in [-0.2, -0.15) is 5.10 Å². The molecule has 0 bridgehead atoms. The van der Waals surface area contributed by atoms with Crippen LogP contribution in [0.15, 0.2) is 53.5 Å². The van der Waals surface area contributed by atoms with Crippen molar-refractivity contribution < 1.29 is 9.21 Å². The quantitative estimate of drug-likeness (QED) is 0.483. The molecule has 4 aromatic rings. The number of anilines is 1. The molecule has 0 aliphatic carbocycles. The van der Waals surface area contributed by atoms with Crippen molar-refractivity contribution >= 4 is 11.6 Å². The first-order valence-corrected chi connectivity index (χ1v) is 9.82. The Kier molecular flexibility index (Phi) is 5.69. The van der Waals surface area contributed by atoms with Gasteiger partial charge in [0, 0.05) is 44.0 Å². The van der Waals surface area contributed by atoms with Crippen molar-refractivity contribution in [3.8, 4) is 11.6 Å². The number of imidazole rings is 1. The fourth-order valence-electron chi connectivity index (χ4n) is 3.20. The number of hydrogen-bond donors (Lipinski definition) is 1. The zero-order valence-electron chi connectivity index (χ0n) is 16.9. The van der Waals surface area contributed by atoms with Crippen LogP contribution < -0.4 is 5.32 Å². The molecule has 154 valence electrons. The molecule has 3 heterocycles. The highest BCUT2D eigenvalue weighted by Crippen LogP contribution is 2.20. The summed E-state index contributed by atoms with van der Waals surface area (Å²) < 4.78 is 9.52. The number of carbonyl (C=O) groups is 1. The lowest BCUT2D eigenvalue weighted by molar-refractivity contribution is -0.116. The highest BCUT2D eigenvalue weighted by atomic mass is 16.4. The van der Waals surface area contributed by atoms with Crippen LogP contribution in [0.2, 0.25) is 0 Å². The third-order valence-electron chi connectivity index (χ3n) is 4.59. The van der Waals surface area contributed by atoms with Crippen LogP contribution in [-0.2, 0) is 24.3 Å². The van der Waals surface area contributed by atoms with Crippen LogP contribution in [-0.4, -0.2) is 35.4 Å². The van der Waals surface area contributed by atoms with Gasteiger partial charge >= 0.3 is 0 Å². The number of rotatable bonds is 8. The Bertz CT molecular complexity index is 1130. The van der Waals surface area contributed by atoms with E-state index in [0.29, 0.717) is 31.3 Å². The smallest absolute Gasteiger partial charge is 0.265 e. The Balaban J connectivity index is 1.34. The second kappa shape index (κ2) is 8.73. The second-order valence-electron chi connectivity index (χ2n) is 6.97. The van der Waals surface area contributed by atoms with Crippen LogP contribution in [0.5, 0.6) is 0 Å². The van der Waals surface area contributed by atoms with E-state index in [0.717, 1.165) is 22.6 Å². The first-order valence-electron chi connectivity index (χ1n) is 9.82. The number of hydrogen-bond acceptors (Lipinski definition) is 6. The molecule has 3 aromatic heterocycles. The van der Waals surface area contributed by atoms with Crippen molar-refractivity contribution in [3.05, 3.63) is 66.2 Å². The van der Waals surface area contributed by atoms with Crippen LogP contribution in [0.25, 0.3) is 11.6 Å². The third-order valence-corrected chi connectivity index (χ3v) is 4.59. The Labute approximate surface area is 173 Å². The van der Waals surface area contributed by atoms with Gasteiger partial charge in [0.2, 0.25) is 11.8 Å². The Morgan fingerprint density at radius 3 is 2.93 bits per heavy atom. The van der Waals surface area contributed by atoms with Crippen LogP contribution in [0.3, 0.4) is 0 Å². The maximum absolute atomic E-state index is 12.4. The molecule has 0 atom stereocenters. The molecule has 0 saturated heterocycles. The molecule has 9 heteroatoms. The van der Waals surface area contributed by atoms with Gasteiger partial charge in [-0.1, -0.05) is 12.1 Å². The zero-order valence-corrected chi connectivity index (χ0v) is 16.9. The second-order valence-corrected chi connectivity index (χ2v) is 6.97. The van der Waals surface area contributed by atoms with E-state index in [1.165, 1.54) is 0 Å². The summed E-state index contributed by atoms with van der Waals surface area (Å²) in [7, 11) is 0. The molecular weight excluding hydrogens is 382 g/mol. The molecule has 1 aromatic carbocycles. The monoisotopic (exact) mass is 405 g/mol. The summed E-state index contributed by atoms with van der Waals surface area (Å²) in [4.78, 5) is 16.4. The minimum atomic E-state index is -0.107. The van der Waals surface area contributed by atoms with Crippen LogP contribution in [0.4, 0.5) is 5.69 Å². The van der Waals surface area contributed by atoms with Crippen molar-refractivity contribution in [2.75, 3.05) is 5.32 Å². The van der Waals surface area contributed by atoms with Crippen LogP contribution >= 0.6 is 0 Å². The van der Waals surface area contributed by atoms with Gasteiger partial charge in [0.25, 0.3) is 5.89 Å². The number of benzene rings is 1. The summed E-state index contributed by atoms with van der Waals surface area (Å²) >= 11 is 0. The number of aryl methyl sites for hydroxylation is 3. The van der Waals surface area contributed by atoms with Gasteiger partial charge in [0.1, 0.15) is 5.69 Å². The number of nitrogens with zero attached hydrogens (tertiary/aromatic N) is 6. The van der Waals surface area contributed by atoms with Gasteiger partial charge in [-0.3, -0.25) is 9.48 Å². The topological polar surface area (TPSA) is 104 Å². The van der Waals surface area contributed by atoms with Crippen molar-refractivity contribution in [1.29, 1.82) is 0 Å². The van der Waals surface area contributed by atoms with E-state index < -0.39 is 0 Å². The number of amides is 1. The molecule has 30 heavy (non-hydrogen) atoms. The molecule has 9 nitrogen and oxygen atoms in total. The first kappa shape index (κ1) is 19.6. The third kappa shape index (κ3) is 4.62. The number of carbonyl (C=O) groups excluding carboxylic acids is 1. The van der Waals surface area contributed by atoms with E-state index in [4.69, 9.17) is 4.42 Å². The van der Waals surface area contributed by atoms with Crippen molar-refractivity contribution in [2.24, 2.45) is 0 Å². The SMILES string of the molecule is CCn1nc(C)cc1-c1nnc(CCC(=O)Nc2cccc(Cn3ccnc3)c2)o1. The lowest BCUT2D eigenvalue weighted by Gasteiger charge is -2.07. The molecule has 0 radical (unpaired) electrons. The Morgan fingerprint density at radius 1 is 1.23 bits per heavy atom. The standard InChI is InChI=1S/C21H23N7O2/c1-3-28-18(11-15(2)26-28)21-25-24-20(30-21)8-7-19(29)23-17-6-4-5-16(12-17)13-27-10-9-22-14-27/h4-6,9-12,14H,3,7-8,13H2,1-2H3,(H,23,29). The Hall–Kier alpha value is -3.75. The Morgan fingerprint density at radius 2 is 2.13 bits per heavy atom. The summed E-state index contributed by atoms with van der Waals surface area (Å²) in [6, 6.07) is 9.67. The van der Waals surface area contributed by atoms with E-state index in [9.17, 15) is 4.79 Å². The summed E-state index contributed by atoms with van der Waals surface area (Å²) in [6.07, 6.45) is 6.02. The maximum atomic E-state index is 12.4. The molecule has 0 aliphatic heterocycles. The molecule has 1 N–H and O–H groups in total. The molecule has 0 aliphatic rings. The average molecular weight is 405 g/mol. The predicted octanol–water partition coefficient (Wildman–Crippen LogP) is 3.08. The van der Waals surface area contributed by atoms with E-state index in [-0.39, 0.29) is 12.3 Å². The number of nitrogens with one attached hydrogen (secondary N) is 1. The normalized spacial score (nSPS) is 11.0. The van der Waals surface area contributed by atoms with Gasteiger partial charge in [-0.25, -0.2) is 4.98 Å². The predicted molar refractivity (Wildman–Crippen MR) is 111 cm³/mol. The largest absolute Gasteiger partial charge is 0.419 e. The molecule has 0 unspecified atom stereocenters. The minimum Gasteiger partial charge on any atom is -0.419 e. The van der Waals surface area contributed by atoms with E-state index in [1.807, 2.05) is 59.6 Å². The molecule has 0 fully saturated rings. The lowest BCUT2D eigenvalue weighted by Crippen LogP contribution is -2.12. The minimum absolute atomic E-state index is 0.107. The highest BCUT2D eigenvalue weighted by molar-refractivity contribution is 5.90. The molecule has 0 spiro atoms. The highest BCUT2D eigenvalue weighted by Gasteiger charge is 2.15. The molecule has 1 amide bonds. The zero-order chi connectivity index (χ0) is 20.9. The van der Waals surface area contributed by atoms with E-state index in [1.54, 1.807) is 12.5 Å². The van der Waals surface area contributed by atoms with Gasteiger partial charge in [0.05, 0.1) is 12.0 Å². The maximum Gasteiger partial charge on any atom is 0.265 e. The van der Waals surface area contributed by atoms with Gasteiger partial charge in [-0.05, 0) is 37.6 Å². The fraction of sp³-hybridized carbons (Fsp3) is 0.286. The molecular formula is C21H23N7O2.